The predicted molar refractivity (Wildman–Crippen MR) is 146 cm³/mol. The third-order valence-corrected chi connectivity index (χ3v) is 6.02. The number of methoxy groups -OCH3 is 1. The van der Waals surface area contributed by atoms with Gasteiger partial charge in [-0.25, -0.2) is 9.59 Å². The van der Waals surface area contributed by atoms with Crippen LogP contribution in [0.3, 0.4) is 0 Å². The van der Waals surface area contributed by atoms with Crippen LogP contribution >= 0.6 is 46.4 Å². The van der Waals surface area contributed by atoms with Gasteiger partial charge in [-0.05, 0) is 24.3 Å². The second-order valence-corrected chi connectivity index (χ2v) is 8.84. The van der Waals surface area contributed by atoms with Crippen molar-refractivity contribution in [2.24, 2.45) is 0 Å². The maximum Gasteiger partial charge on any atom is 1.00 e. The summed E-state index contributed by atoms with van der Waals surface area (Å²) in [5.41, 5.74) is 0.211. The van der Waals surface area contributed by atoms with E-state index in [9.17, 15) is 19.2 Å². The van der Waals surface area contributed by atoms with Crippen molar-refractivity contribution in [3.8, 4) is 0 Å². The summed E-state index contributed by atoms with van der Waals surface area (Å²) in [6.45, 7) is 0. The third kappa shape index (κ3) is 8.92. The molecule has 0 radical (unpaired) electrons. The van der Waals surface area contributed by atoms with Crippen molar-refractivity contribution in [1.29, 1.82) is 0 Å². The number of aromatic amines is 2. The average molecular weight is 654 g/mol. The molecule has 0 unspecified atom stereocenters. The molecule has 0 bridgehead atoms. The number of carboxylic acids is 1. The molecule has 2 aromatic carbocycles. The smallest absolute Gasteiger partial charge is 0.870 e. The Balaban J connectivity index is 0.000000391. The van der Waals surface area contributed by atoms with Gasteiger partial charge >= 0.3 is 41.5 Å². The summed E-state index contributed by atoms with van der Waals surface area (Å²) in [6.07, 6.45) is 2.47. The molecule has 41 heavy (non-hydrogen) atoms. The number of aromatic nitrogens is 4. The Morgan fingerprint density at radius 2 is 1.12 bits per heavy atom. The van der Waals surface area contributed by atoms with Crippen LogP contribution < -0.4 is 40.2 Å². The van der Waals surface area contributed by atoms with E-state index in [0.717, 1.165) is 0 Å². The van der Waals surface area contributed by atoms with E-state index >= 15 is 0 Å². The van der Waals surface area contributed by atoms with Crippen molar-refractivity contribution in [3.05, 3.63) is 91.4 Å². The molecule has 13 nitrogen and oxygen atoms in total. The van der Waals surface area contributed by atoms with Gasteiger partial charge in [-0.15, -0.1) is 0 Å². The quantitative estimate of drug-likeness (QED) is 0.152. The Kier molecular flexibility index (Phi) is 14.3. The topological polar surface area (TPSA) is 209 Å². The fourth-order valence-corrected chi connectivity index (χ4v) is 4.12. The number of carboxylic acid groups (broad SMARTS) is 1. The summed E-state index contributed by atoms with van der Waals surface area (Å²) in [6, 6.07) is 9.32. The van der Waals surface area contributed by atoms with Crippen LogP contribution in [-0.2, 0) is 4.74 Å². The molecule has 210 valence electrons. The molecule has 2 aromatic heterocycles. The monoisotopic (exact) mass is 652 g/mol. The van der Waals surface area contributed by atoms with Gasteiger partial charge < -0.3 is 26.0 Å². The molecule has 0 atom stereocenters. The number of ether oxygens (including phenoxy) is 1. The zero-order chi connectivity index (χ0) is 28.7. The number of aromatic carboxylic acids is 1. The van der Waals surface area contributed by atoms with Crippen LogP contribution in [0.15, 0.2) is 48.8 Å². The Morgan fingerprint density at radius 3 is 1.49 bits per heavy atom. The first-order valence-corrected chi connectivity index (χ1v) is 11.9. The van der Waals surface area contributed by atoms with Crippen LogP contribution in [-0.4, -0.2) is 61.8 Å². The summed E-state index contributed by atoms with van der Waals surface area (Å²) in [7, 11) is 1.22. The molecular weight excluding hydrogens is 637 g/mol. The maximum absolute atomic E-state index is 12.1. The number of anilines is 2. The van der Waals surface area contributed by atoms with Crippen molar-refractivity contribution in [1.82, 2.24) is 20.4 Å². The number of carbonyl (C=O) groups excluding carboxylic acids is 3. The first kappa shape index (κ1) is 35.9. The Bertz CT molecular complexity index is 1520. The number of nitrogens with zero attached hydrogens (tertiary/aromatic N) is 2. The van der Waals surface area contributed by atoms with Gasteiger partial charge in [-0.3, -0.25) is 19.8 Å². The number of hydrogen-bond donors (Lipinski definition) is 5. The van der Waals surface area contributed by atoms with Crippen LogP contribution in [0.4, 0.5) is 11.4 Å². The summed E-state index contributed by atoms with van der Waals surface area (Å²) >= 11 is 23.6. The van der Waals surface area contributed by atoms with E-state index in [4.69, 9.17) is 51.5 Å². The molecule has 4 rings (SSSR count). The largest absolute Gasteiger partial charge is 1.00 e. The van der Waals surface area contributed by atoms with Gasteiger partial charge in [0.25, 0.3) is 11.8 Å². The number of nitrogens with one attached hydrogen (secondary N) is 4. The number of H-pyrrole nitrogens is 2. The zero-order valence-corrected chi connectivity index (χ0v) is 26.0. The number of esters is 1. The van der Waals surface area contributed by atoms with Gasteiger partial charge in [0.15, 0.2) is 11.4 Å². The first-order chi connectivity index (χ1) is 18.5. The molecule has 2 amide bonds. The molecule has 2 heterocycles. The number of halogens is 4. The number of rotatable bonds is 6. The normalized spacial score (nSPS) is 9.68. The van der Waals surface area contributed by atoms with E-state index in [1.165, 1.54) is 31.6 Å². The van der Waals surface area contributed by atoms with Crippen LogP contribution in [0.1, 0.15) is 41.7 Å². The van der Waals surface area contributed by atoms with Gasteiger partial charge in [0.05, 0.1) is 62.1 Å². The Labute approximate surface area is 273 Å². The van der Waals surface area contributed by atoms with Crippen molar-refractivity contribution in [3.63, 3.8) is 0 Å². The van der Waals surface area contributed by atoms with Crippen molar-refractivity contribution in [2.75, 3.05) is 17.7 Å². The molecule has 0 spiro atoms. The molecule has 0 aliphatic heterocycles. The Morgan fingerprint density at radius 1 is 0.756 bits per heavy atom. The summed E-state index contributed by atoms with van der Waals surface area (Å²) < 4.78 is 4.56. The summed E-state index contributed by atoms with van der Waals surface area (Å²) in [5, 5.41) is 26.4. The molecule has 0 fully saturated rings. The standard InChI is InChI=1S/C12H9Cl2N3O3.C11H7Cl2N3O3.Na.H2O/c1-20-12(19)10-8(5-15-17-10)16-11(18)9-6(13)3-2-4-7(9)14;12-5-2-1-3-6(13)8(5)10(17)15-7-4-14-16-9(7)11(18)19;;/h2-5H,1H3,(H,15,17)(H,16,18);1-4H,(H,14,16)(H,15,17)(H,18,19);;1H2/q;;+1;/p-1. The number of amides is 2. The SMILES string of the molecule is COC(=O)c1[nH]ncc1NC(=O)c1c(Cl)cccc1Cl.O=C(O)c1[nH]ncc1NC(=O)c1c(Cl)cccc1Cl.[Na+].[OH-]. The predicted octanol–water partition coefficient (Wildman–Crippen LogP) is 2.25. The fourth-order valence-electron chi connectivity index (χ4n) is 2.98. The van der Waals surface area contributed by atoms with Crippen molar-refractivity contribution in [2.45, 2.75) is 0 Å². The van der Waals surface area contributed by atoms with E-state index in [1.54, 1.807) is 24.3 Å². The van der Waals surface area contributed by atoms with Gasteiger partial charge in [0.1, 0.15) is 0 Å². The second-order valence-electron chi connectivity index (χ2n) is 7.22. The minimum absolute atomic E-state index is 0. The first-order valence-electron chi connectivity index (χ1n) is 10.4. The molecule has 6 N–H and O–H groups in total. The minimum Gasteiger partial charge on any atom is -0.870 e. The van der Waals surface area contributed by atoms with Gasteiger partial charge in [-0.2, -0.15) is 10.2 Å². The molecule has 0 aliphatic rings. The summed E-state index contributed by atoms with van der Waals surface area (Å²) in [4.78, 5) is 46.5. The minimum atomic E-state index is -1.24. The average Bonchev–Trinajstić information content (AvgIpc) is 3.53. The molecule has 4 aromatic rings. The summed E-state index contributed by atoms with van der Waals surface area (Å²) in [5.74, 6) is -3.05. The van der Waals surface area contributed by atoms with Crippen molar-refractivity contribution >= 4 is 81.5 Å². The van der Waals surface area contributed by atoms with Crippen LogP contribution in [0.5, 0.6) is 0 Å². The van der Waals surface area contributed by atoms with Gasteiger partial charge in [-0.1, -0.05) is 58.5 Å². The molecular formula is C23H17Cl4N6NaO7. The Hall–Kier alpha value is -3.14. The zero-order valence-electron chi connectivity index (χ0n) is 21.0. The second kappa shape index (κ2) is 16.3. The van der Waals surface area contributed by atoms with Gasteiger partial charge in [0.2, 0.25) is 0 Å². The van der Waals surface area contributed by atoms with Crippen LogP contribution in [0.2, 0.25) is 20.1 Å². The third-order valence-electron chi connectivity index (χ3n) is 4.76. The van der Waals surface area contributed by atoms with E-state index in [0.29, 0.717) is 0 Å². The van der Waals surface area contributed by atoms with Gasteiger partial charge in [0, 0.05) is 0 Å². The van der Waals surface area contributed by atoms with E-state index in [1.807, 2.05) is 0 Å². The maximum atomic E-state index is 12.1. The van der Waals surface area contributed by atoms with E-state index in [-0.39, 0.29) is 89.0 Å². The number of hydrogen-bond acceptors (Lipinski definition) is 8. The van der Waals surface area contributed by atoms with E-state index < -0.39 is 23.8 Å². The van der Waals surface area contributed by atoms with E-state index in [2.05, 4.69) is 35.8 Å². The molecule has 18 heteroatoms. The van der Waals surface area contributed by atoms with Crippen molar-refractivity contribution < 1.29 is 64.1 Å². The number of carbonyl (C=O) groups is 4. The van der Waals surface area contributed by atoms with Crippen LogP contribution in [0, 0.1) is 0 Å². The van der Waals surface area contributed by atoms with Crippen LogP contribution in [0.25, 0.3) is 0 Å². The molecule has 0 saturated heterocycles. The number of benzene rings is 2. The molecule has 0 aliphatic carbocycles. The fraction of sp³-hybridized carbons (Fsp3) is 0.0435. The molecule has 0 saturated carbocycles.